The van der Waals surface area contributed by atoms with E-state index in [4.69, 9.17) is 11.5 Å². The molecule has 0 fully saturated rings. The van der Waals surface area contributed by atoms with Gasteiger partial charge in [-0.3, -0.25) is 4.79 Å². The smallest absolute Gasteiger partial charge is 0.174 e. The lowest BCUT2D eigenvalue weighted by molar-refractivity contribution is -0.122. The minimum atomic E-state index is -0.833. The molecule has 1 aromatic heterocycles. The number of rotatable bonds is 9. The van der Waals surface area contributed by atoms with E-state index in [0.717, 1.165) is 25.0 Å². The van der Waals surface area contributed by atoms with Crippen LogP contribution in [0.3, 0.4) is 0 Å². The van der Waals surface area contributed by atoms with Crippen LogP contribution < -0.4 is 11.5 Å². The molecule has 3 unspecified atom stereocenters. The van der Waals surface area contributed by atoms with Crippen LogP contribution in [-0.2, 0) is 11.2 Å². The summed E-state index contributed by atoms with van der Waals surface area (Å²) >= 11 is 0. The van der Waals surface area contributed by atoms with Gasteiger partial charge in [-0.1, -0.05) is 40.0 Å². The summed E-state index contributed by atoms with van der Waals surface area (Å²) in [6, 6.07) is 0.489. The van der Waals surface area contributed by atoms with E-state index in [2.05, 4.69) is 16.9 Å². The fourth-order valence-corrected chi connectivity index (χ4v) is 2.13. The number of ketones is 1. The number of carbonyl (C=O) groups is 1. The number of hydrogen-bond donors (Lipinski definition) is 2. The van der Waals surface area contributed by atoms with Crippen molar-refractivity contribution in [3.63, 3.8) is 0 Å². The highest BCUT2D eigenvalue weighted by Gasteiger charge is 2.27. The van der Waals surface area contributed by atoms with E-state index < -0.39 is 12.1 Å². The van der Waals surface area contributed by atoms with Crippen molar-refractivity contribution in [1.29, 1.82) is 0 Å². The van der Waals surface area contributed by atoms with Gasteiger partial charge in [-0.05, 0) is 24.8 Å². The summed E-state index contributed by atoms with van der Waals surface area (Å²) in [4.78, 5) is 20.8. The van der Waals surface area contributed by atoms with Gasteiger partial charge in [0.2, 0.25) is 0 Å². The molecule has 1 rings (SSSR count). The van der Waals surface area contributed by atoms with Gasteiger partial charge in [-0.2, -0.15) is 0 Å². The van der Waals surface area contributed by atoms with Crippen LogP contribution in [0.15, 0.2) is 12.3 Å². The molecule has 3 atom stereocenters. The molecular formula is C16H28N4O. The molecule has 0 saturated heterocycles. The Labute approximate surface area is 127 Å². The van der Waals surface area contributed by atoms with Gasteiger partial charge >= 0.3 is 0 Å². The van der Waals surface area contributed by atoms with Crippen LogP contribution in [0, 0.1) is 5.92 Å². The fraction of sp³-hybridized carbons (Fsp3) is 0.688. The van der Waals surface area contributed by atoms with Crippen molar-refractivity contribution in [2.45, 2.75) is 65.0 Å². The molecule has 0 spiro atoms. The number of Topliss-reactive ketones (excluding diaryl/α,β-unsaturated/α-hetero) is 1. The van der Waals surface area contributed by atoms with Crippen molar-refractivity contribution in [2.24, 2.45) is 17.4 Å². The predicted molar refractivity (Wildman–Crippen MR) is 84.6 cm³/mol. The van der Waals surface area contributed by atoms with Crippen LogP contribution in [0.4, 0.5) is 0 Å². The molecular weight excluding hydrogens is 264 g/mol. The largest absolute Gasteiger partial charge is 0.321 e. The van der Waals surface area contributed by atoms with Gasteiger partial charge in [-0.25, -0.2) is 9.97 Å². The highest BCUT2D eigenvalue weighted by molar-refractivity contribution is 5.89. The molecule has 5 nitrogen and oxygen atoms in total. The zero-order chi connectivity index (χ0) is 15.8. The lowest BCUT2D eigenvalue weighted by Crippen LogP contribution is -2.42. The summed E-state index contributed by atoms with van der Waals surface area (Å²) in [5, 5.41) is 0. The highest BCUT2D eigenvalue weighted by Crippen LogP contribution is 2.14. The monoisotopic (exact) mass is 292 g/mol. The number of nitrogens with zero attached hydrogens (tertiary/aromatic N) is 2. The third-order valence-electron chi connectivity index (χ3n) is 3.94. The SMILES string of the molecule is CCCCCc1ccnc(C(N)C(=O)C(N)C(C)CC)n1. The molecule has 0 aliphatic carbocycles. The summed E-state index contributed by atoms with van der Waals surface area (Å²) in [7, 11) is 0. The van der Waals surface area contributed by atoms with Crippen LogP contribution in [-0.4, -0.2) is 21.8 Å². The molecule has 5 heteroatoms. The Balaban J connectivity index is 2.75. The predicted octanol–water partition coefficient (Wildman–Crippen LogP) is 2.15. The Morgan fingerprint density at radius 2 is 2.00 bits per heavy atom. The molecule has 0 saturated carbocycles. The summed E-state index contributed by atoms with van der Waals surface area (Å²) in [5.41, 5.74) is 12.9. The summed E-state index contributed by atoms with van der Waals surface area (Å²) in [6.45, 7) is 6.13. The second-order valence-electron chi connectivity index (χ2n) is 5.65. The van der Waals surface area contributed by atoms with Crippen LogP contribution >= 0.6 is 0 Å². The molecule has 4 N–H and O–H groups in total. The number of aromatic nitrogens is 2. The van der Waals surface area contributed by atoms with Crippen molar-refractivity contribution in [2.75, 3.05) is 0 Å². The average molecular weight is 292 g/mol. The number of nitrogens with two attached hydrogens (primary N) is 2. The van der Waals surface area contributed by atoms with E-state index in [1.165, 1.54) is 12.8 Å². The third kappa shape index (κ3) is 5.17. The maximum atomic E-state index is 12.3. The lowest BCUT2D eigenvalue weighted by atomic mass is 9.92. The average Bonchev–Trinajstić information content (AvgIpc) is 2.52. The van der Waals surface area contributed by atoms with E-state index in [1.54, 1.807) is 6.20 Å². The zero-order valence-electron chi connectivity index (χ0n) is 13.4. The second kappa shape index (κ2) is 8.85. The molecule has 0 aliphatic rings. The first-order valence-corrected chi connectivity index (χ1v) is 7.87. The first-order chi connectivity index (χ1) is 10.0. The Bertz CT molecular complexity index is 450. The standard InChI is InChI=1S/C16H28N4O/c1-4-6-7-8-12-9-10-19-16(20-12)14(18)15(21)13(17)11(3)5-2/h9-11,13-14H,4-8,17-18H2,1-3H3. The number of carbonyl (C=O) groups excluding carboxylic acids is 1. The van der Waals surface area contributed by atoms with Gasteiger partial charge in [-0.15, -0.1) is 0 Å². The zero-order valence-corrected chi connectivity index (χ0v) is 13.4. The van der Waals surface area contributed by atoms with Gasteiger partial charge in [0.15, 0.2) is 11.6 Å². The number of aryl methyl sites for hydroxylation is 1. The van der Waals surface area contributed by atoms with Crippen molar-refractivity contribution < 1.29 is 4.79 Å². The normalized spacial score (nSPS) is 15.5. The van der Waals surface area contributed by atoms with Crippen molar-refractivity contribution in [3.05, 3.63) is 23.8 Å². The molecule has 118 valence electrons. The third-order valence-corrected chi connectivity index (χ3v) is 3.94. The number of unbranched alkanes of at least 4 members (excludes halogenated alkanes) is 2. The van der Waals surface area contributed by atoms with E-state index >= 15 is 0 Å². The van der Waals surface area contributed by atoms with Gasteiger partial charge < -0.3 is 11.5 Å². The Morgan fingerprint density at radius 3 is 2.62 bits per heavy atom. The van der Waals surface area contributed by atoms with Gasteiger partial charge in [0.25, 0.3) is 0 Å². The van der Waals surface area contributed by atoms with E-state index in [-0.39, 0.29) is 11.7 Å². The van der Waals surface area contributed by atoms with Crippen molar-refractivity contribution in [1.82, 2.24) is 9.97 Å². The molecule has 0 amide bonds. The highest BCUT2D eigenvalue weighted by atomic mass is 16.1. The van der Waals surface area contributed by atoms with Gasteiger partial charge in [0.1, 0.15) is 6.04 Å². The summed E-state index contributed by atoms with van der Waals surface area (Å²) in [5.74, 6) is 0.305. The van der Waals surface area contributed by atoms with E-state index in [9.17, 15) is 4.79 Å². The van der Waals surface area contributed by atoms with Crippen LogP contribution in [0.1, 0.15) is 64.0 Å². The molecule has 1 heterocycles. The molecule has 0 aliphatic heterocycles. The molecule has 0 aromatic carbocycles. The maximum Gasteiger partial charge on any atom is 0.174 e. The van der Waals surface area contributed by atoms with Crippen molar-refractivity contribution >= 4 is 5.78 Å². The summed E-state index contributed by atoms with van der Waals surface area (Å²) in [6.07, 6.45) is 6.83. The first-order valence-electron chi connectivity index (χ1n) is 7.87. The molecule has 1 aromatic rings. The fourth-order valence-electron chi connectivity index (χ4n) is 2.13. The number of hydrogen-bond acceptors (Lipinski definition) is 5. The van der Waals surface area contributed by atoms with Gasteiger partial charge in [0, 0.05) is 11.9 Å². The van der Waals surface area contributed by atoms with Gasteiger partial charge in [0.05, 0.1) is 6.04 Å². The summed E-state index contributed by atoms with van der Waals surface area (Å²) < 4.78 is 0. The van der Waals surface area contributed by atoms with Crippen molar-refractivity contribution in [3.8, 4) is 0 Å². The Kier molecular flexibility index (Phi) is 7.47. The molecule has 0 radical (unpaired) electrons. The van der Waals surface area contributed by atoms with E-state index in [1.807, 2.05) is 19.9 Å². The first kappa shape index (κ1) is 17.7. The lowest BCUT2D eigenvalue weighted by Gasteiger charge is -2.20. The van der Waals surface area contributed by atoms with Crippen LogP contribution in [0.2, 0.25) is 0 Å². The quantitative estimate of drug-likeness (QED) is 0.680. The Morgan fingerprint density at radius 1 is 1.29 bits per heavy atom. The van der Waals surface area contributed by atoms with Crippen LogP contribution in [0.25, 0.3) is 0 Å². The van der Waals surface area contributed by atoms with E-state index in [0.29, 0.717) is 5.82 Å². The second-order valence-corrected chi connectivity index (χ2v) is 5.65. The minimum absolute atomic E-state index is 0.108. The topological polar surface area (TPSA) is 94.9 Å². The Hall–Kier alpha value is -1.33. The minimum Gasteiger partial charge on any atom is -0.321 e. The molecule has 0 bridgehead atoms. The van der Waals surface area contributed by atoms with Crippen LogP contribution in [0.5, 0.6) is 0 Å². The maximum absolute atomic E-state index is 12.3. The molecule has 21 heavy (non-hydrogen) atoms.